The number of benzene rings is 1. The van der Waals surface area contributed by atoms with Gasteiger partial charge in [0.25, 0.3) is 5.91 Å². The van der Waals surface area contributed by atoms with Crippen LogP contribution in [0.1, 0.15) is 66.9 Å². The highest BCUT2D eigenvalue weighted by molar-refractivity contribution is 6.01. The molecule has 0 spiro atoms. The highest BCUT2D eigenvalue weighted by atomic mass is 16.3. The summed E-state index contributed by atoms with van der Waals surface area (Å²) in [7, 11) is 0. The lowest BCUT2D eigenvalue weighted by Gasteiger charge is -2.28. The van der Waals surface area contributed by atoms with Gasteiger partial charge in [-0.2, -0.15) is 10.2 Å². The number of aromatic amines is 1. The van der Waals surface area contributed by atoms with E-state index in [1.807, 2.05) is 45.0 Å². The van der Waals surface area contributed by atoms with Crippen LogP contribution in [0.15, 0.2) is 36.5 Å². The Morgan fingerprint density at radius 1 is 1.11 bits per heavy atom. The van der Waals surface area contributed by atoms with E-state index in [0.717, 1.165) is 48.2 Å². The van der Waals surface area contributed by atoms with Gasteiger partial charge in [-0.3, -0.25) is 19.4 Å². The van der Waals surface area contributed by atoms with Crippen LogP contribution in [0.2, 0.25) is 0 Å². The van der Waals surface area contributed by atoms with Crippen molar-refractivity contribution in [3.8, 4) is 11.1 Å². The van der Waals surface area contributed by atoms with Gasteiger partial charge in [-0.25, -0.2) is 0 Å². The second kappa shape index (κ2) is 10.5. The van der Waals surface area contributed by atoms with E-state index >= 15 is 0 Å². The van der Waals surface area contributed by atoms with Crippen molar-refractivity contribution in [2.75, 3.05) is 11.9 Å². The fourth-order valence-corrected chi connectivity index (χ4v) is 5.51. The minimum absolute atomic E-state index is 0.0110. The van der Waals surface area contributed by atoms with Crippen LogP contribution in [0.25, 0.3) is 11.1 Å². The number of amides is 2. The van der Waals surface area contributed by atoms with Crippen molar-refractivity contribution in [1.82, 2.24) is 25.3 Å². The summed E-state index contributed by atoms with van der Waals surface area (Å²) in [5, 5.41) is 27.1. The van der Waals surface area contributed by atoms with E-state index in [9.17, 15) is 14.7 Å². The Hall–Kier alpha value is -3.46. The van der Waals surface area contributed by atoms with E-state index in [2.05, 4.69) is 25.9 Å². The van der Waals surface area contributed by atoms with E-state index in [4.69, 9.17) is 0 Å². The summed E-state index contributed by atoms with van der Waals surface area (Å²) in [6.07, 6.45) is 6.48. The van der Waals surface area contributed by atoms with Gasteiger partial charge >= 0.3 is 0 Å². The van der Waals surface area contributed by atoms with Crippen molar-refractivity contribution < 1.29 is 14.7 Å². The van der Waals surface area contributed by atoms with Gasteiger partial charge in [0.05, 0.1) is 11.7 Å². The van der Waals surface area contributed by atoms with Gasteiger partial charge in [-0.15, -0.1) is 0 Å². The normalized spacial score (nSPS) is 17.0. The molecule has 2 aliphatic carbocycles. The maximum absolute atomic E-state index is 13.7. The monoisotopic (exact) mass is 504 g/mol. The van der Waals surface area contributed by atoms with Crippen molar-refractivity contribution in [1.29, 1.82) is 0 Å². The molecule has 0 bridgehead atoms. The number of nitrogens with one attached hydrogen (secondary N) is 3. The molecule has 0 radical (unpaired) electrons. The second-order valence-electron chi connectivity index (χ2n) is 10.6. The molecule has 4 N–H and O–H groups in total. The van der Waals surface area contributed by atoms with Gasteiger partial charge in [0, 0.05) is 29.7 Å². The molecule has 37 heavy (non-hydrogen) atoms. The smallest absolute Gasteiger partial charge is 0.270 e. The van der Waals surface area contributed by atoms with Gasteiger partial charge in [-0.05, 0) is 94.4 Å². The summed E-state index contributed by atoms with van der Waals surface area (Å²) in [6, 6.07) is 8.67. The van der Waals surface area contributed by atoms with Crippen LogP contribution >= 0.6 is 0 Å². The van der Waals surface area contributed by atoms with Crippen LogP contribution < -0.4 is 10.6 Å². The van der Waals surface area contributed by atoms with E-state index in [-0.39, 0.29) is 30.4 Å². The molecule has 0 aliphatic heterocycles. The zero-order valence-electron chi connectivity index (χ0n) is 21.7. The summed E-state index contributed by atoms with van der Waals surface area (Å²) in [5.74, 6) is 0.572. The first-order valence-electron chi connectivity index (χ1n) is 13.3. The van der Waals surface area contributed by atoms with Crippen molar-refractivity contribution >= 4 is 17.5 Å². The number of nitrogens with zero attached hydrogens (tertiary/aromatic N) is 3. The number of rotatable bonds is 11. The van der Waals surface area contributed by atoms with Gasteiger partial charge in [0.15, 0.2) is 0 Å². The Morgan fingerprint density at radius 3 is 2.35 bits per heavy atom. The molecule has 3 aromatic rings. The predicted octanol–water partition coefficient (Wildman–Crippen LogP) is 4.01. The van der Waals surface area contributed by atoms with Crippen molar-refractivity contribution in [3.05, 3.63) is 53.6 Å². The van der Waals surface area contributed by atoms with E-state index in [0.29, 0.717) is 29.6 Å². The van der Waals surface area contributed by atoms with Gasteiger partial charge in [0.2, 0.25) is 5.91 Å². The molecule has 196 valence electrons. The number of hydrogen-bond donors (Lipinski definition) is 4. The van der Waals surface area contributed by atoms with E-state index in [1.54, 1.807) is 16.9 Å². The first-order chi connectivity index (χ1) is 17.9. The molecule has 9 nitrogen and oxygen atoms in total. The maximum atomic E-state index is 13.7. The number of carbonyl (C=O) groups excluding carboxylic acids is 2. The molecule has 2 fully saturated rings. The molecule has 2 heterocycles. The summed E-state index contributed by atoms with van der Waals surface area (Å²) in [4.78, 5) is 27.1. The minimum Gasteiger partial charge on any atom is -0.396 e. The zero-order valence-corrected chi connectivity index (χ0v) is 21.7. The van der Waals surface area contributed by atoms with Crippen LogP contribution in [0, 0.1) is 31.6 Å². The number of H-pyrrole nitrogens is 1. The van der Waals surface area contributed by atoms with E-state index < -0.39 is 6.04 Å². The van der Waals surface area contributed by atoms with Crippen molar-refractivity contribution in [2.45, 2.75) is 65.0 Å². The molecule has 2 aliphatic rings. The van der Waals surface area contributed by atoms with Gasteiger partial charge in [-0.1, -0.05) is 12.1 Å². The molecule has 1 aromatic carbocycles. The fourth-order valence-electron chi connectivity index (χ4n) is 5.51. The fraction of sp³-hybridized carbons (Fsp3) is 0.500. The third-order valence-corrected chi connectivity index (χ3v) is 7.72. The number of aliphatic hydroxyl groups is 1. The molecule has 5 rings (SSSR count). The van der Waals surface area contributed by atoms with Crippen molar-refractivity contribution in [3.63, 3.8) is 0 Å². The maximum Gasteiger partial charge on any atom is 0.270 e. The Kier molecular flexibility index (Phi) is 7.15. The van der Waals surface area contributed by atoms with Crippen LogP contribution in [-0.4, -0.2) is 49.5 Å². The van der Waals surface area contributed by atoms with Crippen LogP contribution in [0.5, 0.6) is 0 Å². The van der Waals surface area contributed by atoms with E-state index in [1.165, 1.54) is 0 Å². The highest BCUT2D eigenvalue weighted by Crippen LogP contribution is 2.51. The quantitative estimate of drug-likeness (QED) is 0.314. The van der Waals surface area contributed by atoms with Gasteiger partial charge in [0.1, 0.15) is 11.7 Å². The summed E-state index contributed by atoms with van der Waals surface area (Å²) < 4.78 is 1.63. The molecule has 0 saturated heterocycles. The Morgan fingerprint density at radius 2 is 1.78 bits per heavy atom. The number of aromatic nitrogens is 4. The zero-order chi connectivity index (χ0) is 26.1. The molecule has 9 heteroatoms. The third-order valence-electron chi connectivity index (χ3n) is 7.72. The van der Waals surface area contributed by atoms with Crippen LogP contribution in [0.4, 0.5) is 5.69 Å². The molecule has 1 unspecified atom stereocenters. The number of anilines is 1. The largest absolute Gasteiger partial charge is 0.396 e. The summed E-state index contributed by atoms with van der Waals surface area (Å²) >= 11 is 0. The summed E-state index contributed by atoms with van der Waals surface area (Å²) in [5.41, 5.74) is 5.13. The number of hydrogen-bond acceptors (Lipinski definition) is 5. The Bertz CT molecular complexity index is 1220. The Labute approximate surface area is 217 Å². The number of carbonyl (C=O) groups is 2. The lowest BCUT2D eigenvalue weighted by molar-refractivity contribution is -0.119. The first kappa shape index (κ1) is 25.2. The van der Waals surface area contributed by atoms with Crippen LogP contribution in [-0.2, 0) is 4.79 Å². The topological polar surface area (TPSA) is 125 Å². The lowest BCUT2D eigenvalue weighted by atomic mass is 9.88. The molecular weight excluding hydrogens is 468 g/mol. The van der Waals surface area contributed by atoms with Gasteiger partial charge < -0.3 is 15.7 Å². The van der Waals surface area contributed by atoms with Crippen molar-refractivity contribution in [2.24, 2.45) is 17.8 Å². The standard InChI is InChI=1S/C28H36N6O3/c1-16(13-15-35)34-23(12-14-29-34)27(36)31-26(25(20-4-5-20)21-6-7-21)28(37)30-22-10-8-19(9-11-22)24-17(2)32-33-18(24)3/h8-12,14,16,20-21,25-26,35H,4-7,13,15H2,1-3H3,(H,30,37)(H,31,36)(H,32,33)/t16?,26-/m0/s1. The van der Waals surface area contributed by atoms with Crippen LogP contribution in [0.3, 0.4) is 0 Å². The lowest BCUT2D eigenvalue weighted by Crippen LogP contribution is -2.50. The predicted molar refractivity (Wildman–Crippen MR) is 141 cm³/mol. The average Bonchev–Trinajstić information content (AvgIpc) is 3.81. The summed E-state index contributed by atoms with van der Waals surface area (Å²) in [6.45, 7) is 5.88. The third kappa shape index (κ3) is 5.46. The first-order valence-corrected chi connectivity index (χ1v) is 13.3. The molecular formula is C28H36N6O3. The number of aryl methyl sites for hydroxylation is 2. The molecule has 2 atom stereocenters. The average molecular weight is 505 g/mol. The Balaban J connectivity index is 1.35. The minimum atomic E-state index is -0.623. The highest BCUT2D eigenvalue weighted by Gasteiger charge is 2.48. The molecule has 2 saturated carbocycles. The molecule has 2 aromatic heterocycles. The molecule has 2 amide bonds. The second-order valence-corrected chi connectivity index (χ2v) is 10.6. The SMILES string of the molecule is Cc1n[nH]c(C)c1-c1ccc(NC(=O)[C@@H](NC(=O)c2ccnn2C(C)CCO)C(C2CC2)C2CC2)cc1. The number of aliphatic hydroxyl groups excluding tert-OH is 1.